The zero-order valence-electron chi connectivity index (χ0n) is 9.59. The Hall–Kier alpha value is -2.48. The van der Waals surface area contributed by atoms with E-state index < -0.39 is 0 Å². The smallest absolute Gasteiger partial charge is 0.141 e. The van der Waals surface area contributed by atoms with Crippen LogP contribution in [0.25, 0.3) is 32.9 Å². The summed E-state index contributed by atoms with van der Waals surface area (Å²) in [7, 11) is 0. The van der Waals surface area contributed by atoms with Crippen LogP contribution in [-0.2, 0) is 0 Å². The summed E-state index contributed by atoms with van der Waals surface area (Å²) >= 11 is 0. The zero-order chi connectivity index (χ0) is 11.9. The first-order chi connectivity index (χ1) is 8.93. The number of benzene rings is 2. The highest BCUT2D eigenvalue weighted by molar-refractivity contribution is 6.02. The first kappa shape index (κ1) is 9.54. The van der Waals surface area contributed by atoms with Crippen molar-refractivity contribution in [1.82, 2.24) is 0 Å². The topological polar surface area (TPSA) is 26.3 Å². The summed E-state index contributed by atoms with van der Waals surface area (Å²) < 4.78 is 10.9. The SMILES string of the molecule is c1cc(-c2cccc3ccoc23)c2cocc2c1. The van der Waals surface area contributed by atoms with E-state index in [0.717, 1.165) is 32.9 Å². The summed E-state index contributed by atoms with van der Waals surface area (Å²) in [6.45, 7) is 0. The normalized spacial score (nSPS) is 11.3. The third-order valence-electron chi connectivity index (χ3n) is 3.29. The number of hydrogen-bond donors (Lipinski definition) is 0. The molecule has 86 valence electrons. The Kier molecular flexibility index (Phi) is 1.86. The fourth-order valence-electron chi connectivity index (χ4n) is 2.43. The lowest BCUT2D eigenvalue weighted by Gasteiger charge is -2.03. The minimum absolute atomic E-state index is 0.922. The van der Waals surface area contributed by atoms with Gasteiger partial charge in [-0.25, -0.2) is 0 Å². The zero-order valence-corrected chi connectivity index (χ0v) is 9.59. The highest BCUT2D eigenvalue weighted by Gasteiger charge is 2.10. The van der Waals surface area contributed by atoms with Crippen molar-refractivity contribution in [2.75, 3.05) is 0 Å². The Morgan fingerprint density at radius 2 is 1.56 bits per heavy atom. The van der Waals surface area contributed by atoms with Crippen LogP contribution < -0.4 is 0 Å². The molecule has 2 heterocycles. The summed E-state index contributed by atoms with van der Waals surface area (Å²) in [5, 5.41) is 3.34. The third kappa shape index (κ3) is 1.23. The van der Waals surface area contributed by atoms with Gasteiger partial charge in [0.25, 0.3) is 0 Å². The van der Waals surface area contributed by atoms with Gasteiger partial charge in [-0.05, 0) is 11.6 Å². The second-order valence-corrected chi connectivity index (χ2v) is 4.32. The molecule has 0 atom stereocenters. The van der Waals surface area contributed by atoms with E-state index in [-0.39, 0.29) is 0 Å². The molecule has 0 unspecified atom stereocenters. The van der Waals surface area contributed by atoms with Crippen molar-refractivity contribution < 1.29 is 8.83 Å². The van der Waals surface area contributed by atoms with Crippen LogP contribution in [0.2, 0.25) is 0 Å². The first-order valence-corrected chi connectivity index (χ1v) is 5.85. The van der Waals surface area contributed by atoms with Crippen LogP contribution in [-0.4, -0.2) is 0 Å². The second-order valence-electron chi connectivity index (χ2n) is 4.32. The van der Waals surface area contributed by atoms with E-state index in [0.29, 0.717) is 0 Å². The number of furan rings is 2. The lowest BCUT2D eigenvalue weighted by molar-refractivity contribution is 0.572. The lowest BCUT2D eigenvalue weighted by atomic mass is 10.00. The number of fused-ring (bicyclic) bond motifs is 2. The van der Waals surface area contributed by atoms with Gasteiger partial charge in [-0.15, -0.1) is 0 Å². The van der Waals surface area contributed by atoms with Crippen molar-refractivity contribution in [1.29, 1.82) is 0 Å². The van der Waals surface area contributed by atoms with Crippen molar-refractivity contribution in [3.8, 4) is 11.1 Å². The highest BCUT2D eigenvalue weighted by Crippen LogP contribution is 2.34. The van der Waals surface area contributed by atoms with Gasteiger partial charge in [0.05, 0.1) is 18.8 Å². The van der Waals surface area contributed by atoms with Crippen LogP contribution in [0.1, 0.15) is 0 Å². The van der Waals surface area contributed by atoms with Gasteiger partial charge in [0.15, 0.2) is 0 Å². The molecule has 0 saturated carbocycles. The summed E-state index contributed by atoms with van der Waals surface area (Å²) in [5.41, 5.74) is 3.16. The van der Waals surface area contributed by atoms with Gasteiger partial charge < -0.3 is 8.83 Å². The minimum atomic E-state index is 0.922. The van der Waals surface area contributed by atoms with Crippen LogP contribution in [0.4, 0.5) is 0 Å². The Morgan fingerprint density at radius 3 is 2.50 bits per heavy atom. The molecule has 0 aliphatic heterocycles. The van der Waals surface area contributed by atoms with E-state index in [4.69, 9.17) is 8.83 Å². The summed E-state index contributed by atoms with van der Waals surface area (Å²) in [4.78, 5) is 0. The first-order valence-electron chi connectivity index (χ1n) is 5.85. The molecule has 0 amide bonds. The van der Waals surface area contributed by atoms with E-state index in [1.54, 1.807) is 18.8 Å². The van der Waals surface area contributed by atoms with E-state index in [1.165, 1.54) is 0 Å². The Labute approximate surface area is 103 Å². The molecule has 0 spiro atoms. The molecule has 0 aliphatic rings. The van der Waals surface area contributed by atoms with E-state index in [9.17, 15) is 0 Å². The minimum Gasteiger partial charge on any atom is -0.471 e. The maximum atomic E-state index is 5.60. The molecule has 0 bridgehead atoms. The summed E-state index contributed by atoms with van der Waals surface area (Å²) in [6, 6.07) is 14.3. The van der Waals surface area contributed by atoms with E-state index >= 15 is 0 Å². The molecule has 2 heteroatoms. The van der Waals surface area contributed by atoms with Gasteiger partial charge in [0.2, 0.25) is 0 Å². The lowest BCUT2D eigenvalue weighted by Crippen LogP contribution is -1.79. The Balaban J connectivity index is 2.13. The molecule has 2 nitrogen and oxygen atoms in total. The second kappa shape index (κ2) is 3.50. The van der Waals surface area contributed by atoms with Gasteiger partial charge in [-0.2, -0.15) is 0 Å². The van der Waals surface area contributed by atoms with E-state index in [2.05, 4.69) is 18.2 Å². The average molecular weight is 234 g/mol. The third-order valence-corrected chi connectivity index (χ3v) is 3.29. The van der Waals surface area contributed by atoms with Gasteiger partial charge in [0.1, 0.15) is 5.58 Å². The van der Waals surface area contributed by atoms with Crippen molar-refractivity contribution in [2.45, 2.75) is 0 Å². The van der Waals surface area contributed by atoms with Crippen molar-refractivity contribution >= 4 is 21.7 Å². The Bertz CT molecular complexity index is 764. The fraction of sp³-hybridized carbons (Fsp3) is 0. The molecule has 2 aromatic heterocycles. The van der Waals surface area contributed by atoms with Crippen LogP contribution in [0.15, 0.2) is 70.1 Å². The molecule has 0 radical (unpaired) electrons. The molecule has 0 N–H and O–H groups in total. The largest absolute Gasteiger partial charge is 0.471 e. The number of hydrogen-bond acceptors (Lipinski definition) is 2. The van der Waals surface area contributed by atoms with E-state index in [1.807, 2.05) is 24.3 Å². The van der Waals surface area contributed by atoms with Crippen molar-refractivity contribution in [3.63, 3.8) is 0 Å². The molecule has 0 aliphatic carbocycles. The monoisotopic (exact) mass is 234 g/mol. The Morgan fingerprint density at radius 1 is 0.722 bits per heavy atom. The standard InChI is InChI=1S/C16H10O2/c1-3-11-7-8-18-16(11)14(6-1)13-5-2-4-12-9-17-10-15(12)13/h1-10H. The molecule has 18 heavy (non-hydrogen) atoms. The quantitative estimate of drug-likeness (QED) is 0.470. The molecule has 2 aromatic carbocycles. The molecule has 0 saturated heterocycles. The van der Waals surface area contributed by atoms with Gasteiger partial charge in [-0.1, -0.05) is 36.4 Å². The molecule has 0 fully saturated rings. The number of rotatable bonds is 1. The van der Waals surface area contributed by atoms with Gasteiger partial charge >= 0.3 is 0 Å². The molecule has 4 rings (SSSR count). The van der Waals surface area contributed by atoms with Crippen LogP contribution in [0.3, 0.4) is 0 Å². The van der Waals surface area contributed by atoms with Crippen LogP contribution in [0.5, 0.6) is 0 Å². The predicted molar refractivity (Wildman–Crippen MR) is 71.4 cm³/mol. The molecular formula is C16H10O2. The molecule has 4 aromatic rings. The maximum Gasteiger partial charge on any atom is 0.141 e. The summed E-state index contributed by atoms with van der Waals surface area (Å²) in [6.07, 6.45) is 5.28. The number of para-hydroxylation sites is 1. The summed E-state index contributed by atoms with van der Waals surface area (Å²) in [5.74, 6) is 0. The van der Waals surface area contributed by atoms with Crippen LogP contribution in [0, 0.1) is 0 Å². The van der Waals surface area contributed by atoms with Gasteiger partial charge in [-0.3, -0.25) is 0 Å². The van der Waals surface area contributed by atoms with Gasteiger partial charge in [0, 0.05) is 21.7 Å². The molecular weight excluding hydrogens is 224 g/mol. The highest BCUT2D eigenvalue weighted by atomic mass is 16.3. The van der Waals surface area contributed by atoms with Crippen molar-refractivity contribution in [3.05, 3.63) is 61.3 Å². The fourth-order valence-corrected chi connectivity index (χ4v) is 2.43. The maximum absolute atomic E-state index is 5.60. The average Bonchev–Trinajstić information content (AvgIpc) is 3.06. The van der Waals surface area contributed by atoms with Crippen LogP contribution >= 0.6 is 0 Å². The van der Waals surface area contributed by atoms with Crippen molar-refractivity contribution in [2.24, 2.45) is 0 Å². The predicted octanol–water partition coefficient (Wildman–Crippen LogP) is 4.85.